The number of rotatable bonds is 3. The molecule has 1 amide bonds. The van der Waals surface area contributed by atoms with Gasteiger partial charge in [-0.1, -0.05) is 0 Å². The first-order valence-corrected chi connectivity index (χ1v) is 8.00. The van der Waals surface area contributed by atoms with Gasteiger partial charge in [-0.3, -0.25) is 4.68 Å². The number of carbonyl (C=O) groups is 1. The summed E-state index contributed by atoms with van der Waals surface area (Å²) in [5, 5.41) is 15.6. The van der Waals surface area contributed by atoms with E-state index in [-0.39, 0.29) is 18.2 Å². The first-order valence-electron chi connectivity index (χ1n) is 7.20. The number of aromatic nitrogens is 2. The van der Waals surface area contributed by atoms with Gasteiger partial charge in [0, 0.05) is 11.8 Å². The van der Waals surface area contributed by atoms with Gasteiger partial charge < -0.3 is 15.2 Å². The van der Waals surface area contributed by atoms with Gasteiger partial charge in [0.2, 0.25) is 0 Å². The molecule has 1 aromatic carbocycles. The molecule has 0 saturated carbocycles. The third kappa shape index (κ3) is 3.57. The largest absolute Gasteiger partial charge is 0.465 e. The minimum Gasteiger partial charge on any atom is -0.465 e. The Morgan fingerprint density at radius 3 is 2.88 bits per heavy atom. The van der Waals surface area contributed by atoms with E-state index in [1.165, 1.54) is 0 Å². The number of carboxylic acid groups (broad SMARTS) is 1. The molecule has 1 aromatic heterocycles. The van der Waals surface area contributed by atoms with E-state index in [1.807, 2.05) is 0 Å². The highest BCUT2D eigenvalue weighted by Gasteiger charge is 2.36. The fraction of sp³-hybridized carbons (Fsp3) is 0.333. The van der Waals surface area contributed by atoms with E-state index < -0.39 is 29.9 Å². The molecule has 0 radical (unpaired) electrons. The predicted octanol–water partition coefficient (Wildman–Crippen LogP) is 3.26. The molecule has 3 atom stereocenters. The molecule has 0 aliphatic carbocycles. The maximum absolute atomic E-state index is 14.0. The Labute approximate surface area is 144 Å². The highest BCUT2D eigenvalue weighted by Crippen LogP contribution is 2.34. The van der Waals surface area contributed by atoms with Gasteiger partial charge in [0.15, 0.2) is 0 Å². The number of halogens is 3. The third-order valence-corrected chi connectivity index (χ3v) is 4.31. The van der Waals surface area contributed by atoms with Gasteiger partial charge in [0.1, 0.15) is 22.3 Å². The highest BCUT2D eigenvalue weighted by atomic mass is 79.9. The lowest BCUT2D eigenvalue weighted by molar-refractivity contribution is -0.0398. The molecule has 1 fully saturated rings. The molecule has 2 heterocycles. The first-order chi connectivity index (χ1) is 11.4. The van der Waals surface area contributed by atoms with Crippen LogP contribution in [-0.4, -0.2) is 33.6 Å². The second kappa shape index (κ2) is 6.86. The minimum absolute atomic E-state index is 0.00570. The van der Waals surface area contributed by atoms with Crippen molar-refractivity contribution in [2.75, 3.05) is 6.61 Å². The molecule has 2 aromatic rings. The van der Waals surface area contributed by atoms with Crippen LogP contribution in [0.2, 0.25) is 0 Å². The lowest BCUT2D eigenvalue weighted by Crippen LogP contribution is -2.45. The average molecular weight is 402 g/mol. The van der Waals surface area contributed by atoms with Crippen LogP contribution in [0.25, 0.3) is 0 Å². The monoisotopic (exact) mass is 401 g/mol. The van der Waals surface area contributed by atoms with Gasteiger partial charge in [-0.15, -0.1) is 0 Å². The quantitative estimate of drug-likeness (QED) is 0.827. The van der Waals surface area contributed by atoms with Crippen molar-refractivity contribution >= 4 is 22.0 Å². The molecule has 3 rings (SSSR count). The zero-order valence-corrected chi connectivity index (χ0v) is 13.9. The molecule has 9 heteroatoms. The molecule has 1 aliphatic rings. The SMILES string of the molecule is O=C(O)N[C@H]1C[C@@H](n2ccc(Br)n2)CO[C@@H]1c1cc(F)ccc1F. The van der Waals surface area contributed by atoms with E-state index in [2.05, 4.69) is 26.3 Å². The van der Waals surface area contributed by atoms with Gasteiger partial charge in [-0.25, -0.2) is 13.6 Å². The van der Waals surface area contributed by atoms with Crippen LogP contribution in [0.5, 0.6) is 0 Å². The van der Waals surface area contributed by atoms with Crippen molar-refractivity contribution in [2.45, 2.75) is 24.6 Å². The van der Waals surface area contributed by atoms with Crippen LogP contribution in [0.1, 0.15) is 24.1 Å². The van der Waals surface area contributed by atoms with Crippen LogP contribution in [0.4, 0.5) is 13.6 Å². The topological polar surface area (TPSA) is 76.4 Å². The number of benzene rings is 1. The van der Waals surface area contributed by atoms with Gasteiger partial charge in [0.25, 0.3) is 0 Å². The van der Waals surface area contributed by atoms with Gasteiger partial charge in [0.05, 0.1) is 18.7 Å². The smallest absolute Gasteiger partial charge is 0.404 e. The molecular weight excluding hydrogens is 388 g/mol. The highest BCUT2D eigenvalue weighted by molar-refractivity contribution is 9.10. The van der Waals surface area contributed by atoms with Gasteiger partial charge in [-0.05, 0) is 46.6 Å². The lowest BCUT2D eigenvalue weighted by Gasteiger charge is -2.36. The molecular formula is C15H14BrF2N3O3. The number of nitrogens with zero attached hydrogens (tertiary/aromatic N) is 2. The van der Waals surface area contributed by atoms with Crippen molar-refractivity contribution in [3.63, 3.8) is 0 Å². The zero-order chi connectivity index (χ0) is 17.3. The summed E-state index contributed by atoms with van der Waals surface area (Å²) in [6.07, 6.45) is -0.0974. The summed E-state index contributed by atoms with van der Waals surface area (Å²) >= 11 is 3.25. The standard InChI is InChI=1S/C15H14BrF2N3O3/c16-13-3-4-21(20-13)9-6-12(19-15(22)23)14(24-7-9)10-5-8(17)1-2-11(10)18/h1-5,9,12,14,19H,6-7H2,(H,22,23)/t9-,12+,14-/m1/s1. The molecule has 2 N–H and O–H groups in total. The van der Waals surface area contributed by atoms with Crippen molar-refractivity contribution in [1.29, 1.82) is 0 Å². The Balaban J connectivity index is 1.87. The second-order valence-electron chi connectivity index (χ2n) is 5.48. The molecule has 1 aliphatic heterocycles. The zero-order valence-electron chi connectivity index (χ0n) is 12.3. The van der Waals surface area contributed by atoms with Gasteiger partial charge in [-0.2, -0.15) is 5.10 Å². The van der Waals surface area contributed by atoms with Gasteiger partial charge >= 0.3 is 6.09 Å². The summed E-state index contributed by atoms with van der Waals surface area (Å²) in [5.41, 5.74) is -0.00570. The fourth-order valence-corrected chi connectivity index (χ4v) is 3.15. The van der Waals surface area contributed by atoms with Crippen molar-refractivity contribution in [1.82, 2.24) is 15.1 Å². The molecule has 6 nitrogen and oxygen atoms in total. The number of hydrogen-bond acceptors (Lipinski definition) is 3. The number of nitrogens with one attached hydrogen (secondary N) is 1. The Morgan fingerprint density at radius 2 is 2.21 bits per heavy atom. The van der Waals surface area contributed by atoms with Crippen molar-refractivity contribution in [2.24, 2.45) is 0 Å². The molecule has 128 valence electrons. The Bertz CT molecular complexity index is 755. The number of ether oxygens (including phenoxy) is 1. The molecule has 0 spiro atoms. The van der Waals surface area contributed by atoms with E-state index in [9.17, 15) is 13.6 Å². The summed E-state index contributed by atoms with van der Waals surface area (Å²) in [4.78, 5) is 11.1. The Morgan fingerprint density at radius 1 is 1.42 bits per heavy atom. The van der Waals surface area contributed by atoms with Crippen molar-refractivity contribution in [3.8, 4) is 0 Å². The molecule has 24 heavy (non-hydrogen) atoms. The lowest BCUT2D eigenvalue weighted by atomic mass is 9.93. The summed E-state index contributed by atoms with van der Waals surface area (Å²) in [5.74, 6) is -1.25. The Kier molecular flexibility index (Phi) is 4.81. The van der Waals surface area contributed by atoms with Crippen LogP contribution < -0.4 is 5.32 Å². The van der Waals surface area contributed by atoms with Crippen LogP contribution in [0.3, 0.4) is 0 Å². The predicted molar refractivity (Wildman–Crippen MR) is 83.6 cm³/mol. The van der Waals surface area contributed by atoms with E-state index in [4.69, 9.17) is 9.84 Å². The van der Waals surface area contributed by atoms with E-state index in [0.29, 0.717) is 11.0 Å². The number of hydrogen-bond donors (Lipinski definition) is 2. The summed E-state index contributed by atoms with van der Waals surface area (Å²) in [6.45, 7) is 0.201. The van der Waals surface area contributed by atoms with Crippen LogP contribution >= 0.6 is 15.9 Å². The van der Waals surface area contributed by atoms with Crippen molar-refractivity contribution < 1.29 is 23.4 Å². The third-order valence-electron chi connectivity index (χ3n) is 3.88. The van der Waals surface area contributed by atoms with Crippen LogP contribution in [0, 0.1) is 11.6 Å². The Hall–Kier alpha value is -2.00. The van der Waals surface area contributed by atoms with E-state index >= 15 is 0 Å². The average Bonchev–Trinajstić information content (AvgIpc) is 2.96. The second-order valence-corrected chi connectivity index (χ2v) is 6.30. The van der Waals surface area contributed by atoms with Crippen LogP contribution in [-0.2, 0) is 4.74 Å². The molecule has 1 saturated heterocycles. The summed E-state index contributed by atoms with van der Waals surface area (Å²) in [7, 11) is 0. The molecule has 0 bridgehead atoms. The van der Waals surface area contributed by atoms with E-state index in [0.717, 1.165) is 18.2 Å². The maximum Gasteiger partial charge on any atom is 0.404 e. The normalized spacial score (nSPS) is 23.9. The maximum atomic E-state index is 14.0. The minimum atomic E-state index is -1.26. The van der Waals surface area contributed by atoms with E-state index in [1.54, 1.807) is 16.9 Å². The summed E-state index contributed by atoms with van der Waals surface area (Å²) < 4.78 is 35.5. The molecule has 0 unspecified atom stereocenters. The summed E-state index contributed by atoms with van der Waals surface area (Å²) in [6, 6.07) is 3.83. The first kappa shape index (κ1) is 16.8. The fourth-order valence-electron chi connectivity index (χ4n) is 2.85. The van der Waals surface area contributed by atoms with Crippen molar-refractivity contribution in [3.05, 3.63) is 52.3 Å². The van der Waals surface area contributed by atoms with Crippen LogP contribution in [0.15, 0.2) is 35.1 Å². The number of amides is 1.